The van der Waals surface area contributed by atoms with Crippen molar-refractivity contribution in [1.29, 1.82) is 0 Å². The fraction of sp³-hybridized carbons (Fsp3) is 0.0909. The highest BCUT2D eigenvalue weighted by molar-refractivity contribution is 6.36. The molecule has 4 aromatic heterocycles. The second kappa shape index (κ2) is 13.3. The van der Waals surface area contributed by atoms with Crippen molar-refractivity contribution in [3.05, 3.63) is 129 Å². The first kappa shape index (κ1) is 33.4. The first-order valence-electron chi connectivity index (χ1n) is 14.9. The number of nitrogens with two attached hydrogens (primary N) is 1. The van der Waals surface area contributed by atoms with Gasteiger partial charge in [-0.1, -0.05) is 65.7 Å². The van der Waals surface area contributed by atoms with Crippen molar-refractivity contribution in [2.24, 2.45) is 5.73 Å². The third-order valence-corrected chi connectivity index (χ3v) is 8.22. The summed E-state index contributed by atoms with van der Waals surface area (Å²) in [5.74, 6) is -1.43. The highest BCUT2D eigenvalue weighted by Crippen LogP contribution is 2.34. The van der Waals surface area contributed by atoms with Crippen LogP contribution in [0.1, 0.15) is 37.7 Å². The van der Waals surface area contributed by atoms with Crippen LogP contribution in [0.5, 0.6) is 0 Å². The van der Waals surface area contributed by atoms with Gasteiger partial charge in [0.15, 0.2) is 5.82 Å². The number of benzene rings is 3. The minimum Gasteiger partial charge on any atom is -0.365 e. The molecule has 0 unspecified atom stereocenters. The number of alkyl halides is 3. The molecule has 0 saturated heterocycles. The van der Waals surface area contributed by atoms with Gasteiger partial charge in [0.05, 0.1) is 39.1 Å². The van der Waals surface area contributed by atoms with Crippen LogP contribution < -0.4 is 11.1 Å². The molecule has 0 fully saturated rings. The minimum atomic E-state index is -4.49. The van der Waals surface area contributed by atoms with E-state index in [1.807, 2.05) is 30.3 Å². The molecule has 51 heavy (non-hydrogen) atoms. The van der Waals surface area contributed by atoms with Gasteiger partial charge in [0.25, 0.3) is 11.8 Å². The zero-order chi connectivity index (χ0) is 35.9. The average Bonchev–Trinajstić information content (AvgIpc) is 3.84. The smallest absolute Gasteiger partial charge is 0.365 e. The number of anilines is 1. The Balaban J connectivity index is 1.21. The third kappa shape index (κ3) is 6.86. The van der Waals surface area contributed by atoms with Crippen molar-refractivity contribution in [2.45, 2.75) is 19.3 Å². The van der Waals surface area contributed by atoms with Crippen LogP contribution in [0, 0.1) is 0 Å². The number of halogens is 5. The standard InChI is InChI=1S/C33H22Cl2F3N11O2/c34-23-7-4-12-40-31(23)49-25(14-22(43-49)17-48-45-30(42-46-48)19-8-10-21(11-9-19)33(36,37)38)32(51)41-28-24(35)13-20-16-47(15-18-5-2-1-3-6-18)44-27(20)26(28)29(39)50/h1-14,16H,15,17H2,(H2,39,50)(H,41,51). The van der Waals surface area contributed by atoms with Crippen LogP contribution in [0.3, 0.4) is 0 Å². The van der Waals surface area contributed by atoms with Crippen LogP contribution in [0.25, 0.3) is 28.1 Å². The molecule has 2 amide bonds. The average molecular weight is 733 g/mol. The predicted octanol–water partition coefficient (Wildman–Crippen LogP) is 6.04. The van der Waals surface area contributed by atoms with Crippen molar-refractivity contribution in [2.75, 3.05) is 5.32 Å². The fourth-order valence-electron chi connectivity index (χ4n) is 5.32. The molecule has 13 nitrogen and oxygen atoms in total. The molecule has 7 rings (SSSR count). The van der Waals surface area contributed by atoms with Gasteiger partial charge in [-0.3, -0.25) is 14.3 Å². The lowest BCUT2D eigenvalue weighted by atomic mass is 10.1. The normalized spacial score (nSPS) is 11.6. The number of aromatic nitrogens is 9. The molecule has 7 aromatic rings. The number of rotatable bonds is 9. The summed E-state index contributed by atoms with van der Waals surface area (Å²) in [5.41, 5.74) is 6.56. The Morgan fingerprint density at radius 1 is 0.882 bits per heavy atom. The molecule has 0 saturated carbocycles. The summed E-state index contributed by atoms with van der Waals surface area (Å²) in [6.07, 6.45) is -1.31. The van der Waals surface area contributed by atoms with Gasteiger partial charge < -0.3 is 11.1 Å². The first-order chi connectivity index (χ1) is 24.4. The van der Waals surface area contributed by atoms with Gasteiger partial charge in [-0.05, 0) is 47.2 Å². The van der Waals surface area contributed by atoms with Crippen LogP contribution in [0.4, 0.5) is 18.9 Å². The summed E-state index contributed by atoms with van der Waals surface area (Å²) in [5, 5.41) is 24.7. The lowest BCUT2D eigenvalue weighted by Crippen LogP contribution is -2.21. The highest BCUT2D eigenvalue weighted by Gasteiger charge is 2.30. The number of hydrogen-bond donors (Lipinski definition) is 2. The lowest BCUT2D eigenvalue weighted by Gasteiger charge is -2.13. The zero-order valence-corrected chi connectivity index (χ0v) is 27.4. The number of carbonyl (C=O) groups excluding carboxylic acids is 2. The summed E-state index contributed by atoms with van der Waals surface area (Å²) >= 11 is 13.1. The SMILES string of the molecule is NC(=O)c1c(NC(=O)c2cc(Cn3nnc(-c4ccc(C(F)(F)F)cc4)n3)nn2-c2ncccc2Cl)c(Cl)cc2cn(Cc3ccccc3)nc12. The number of amides is 2. The molecule has 256 valence electrons. The molecule has 18 heteroatoms. The van der Waals surface area contributed by atoms with E-state index in [0.29, 0.717) is 17.5 Å². The van der Waals surface area contributed by atoms with E-state index in [4.69, 9.17) is 28.9 Å². The Morgan fingerprint density at radius 2 is 1.65 bits per heavy atom. The number of nitrogens with one attached hydrogen (secondary N) is 1. The number of primary amides is 1. The predicted molar refractivity (Wildman–Crippen MR) is 180 cm³/mol. The Hall–Kier alpha value is -6.13. The summed E-state index contributed by atoms with van der Waals surface area (Å²) < 4.78 is 41.9. The van der Waals surface area contributed by atoms with Crippen LogP contribution in [-0.2, 0) is 19.3 Å². The van der Waals surface area contributed by atoms with Crippen LogP contribution in [0.2, 0.25) is 10.0 Å². The van der Waals surface area contributed by atoms with E-state index in [9.17, 15) is 22.8 Å². The molecule has 0 aliphatic carbocycles. The summed E-state index contributed by atoms with van der Waals surface area (Å²) in [7, 11) is 0. The first-order valence-corrected chi connectivity index (χ1v) is 15.7. The number of tetrazole rings is 1. The zero-order valence-electron chi connectivity index (χ0n) is 25.9. The molecule has 0 spiro atoms. The Kier molecular flexibility index (Phi) is 8.70. The number of carbonyl (C=O) groups is 2. The van der Waals surface area contributed by atoms with Gasteiger partial charge >= 0.3 is 6.18 Å². The molecule has 4 heterocycles. The minimum absolute atomic E-state index is 0.0358. The van der Waals surface area contributed by atoms with Gasteiger partial charge in [-0.25, -0.2) is 9.67 Å². The molecular formula is C33H22Cl2F3N11O2. The van der Waals surface area contributed by atoms with Crippen LogP contribution in [-0.4, -0.2) is 56.6 Å². The van der Waals surface area contributed by atoms with E-state index in [1.165, 1.54) is 29.1 Å². The maximum Gasteiger partial charge on any atom is 0.416 e. The molecule has 0 aliphatic heterocycles. The number of hydrogen-bond acceptors (Lipinski definition) is 8. The monoisotopic (exact) mass is 731 g/mol. The van der Waals surface area contributed by atoms with Gasteiger partial charge in [0, 0.05) is 23.3 Å². The molecular weight excluding hydrogens is 710 g/mol. The summed E-state index contributed by atoms with van der Waals surface area (Å²) in [6, 6.07) is 20.0. The van der Waals surface area contributed by atoms with Crippen LogP contribution >= 0.6 is 23.2 Å². The van der Waals surface area contributed by atoms with Gasteiger partial charge in [-0.15, -0.1) is 10.2 Å². The number of nitrogens with zero attached hydrogens (tertiary/aromatic N) is 9. The molecule has 3 N–H and O–H groups in total. The van der Waals surface area contributed by atoms with E-state index >= 15 is 0 Å². The van der Waals surface area contributed by atoms with Gasteiger partial charge in [0.2, 0.25) is 5.82 Å². The van der Waals surface area contributed by atoms with E-state index in [1.54, 1.807) is 29.1 Å². The maximum atomic E-state index is 14.0. The molecule has 0 aliphatic rings. The Bertz CT molecular complexity index is 2430. The largest absolute Gasteiger partial charge is 0.416 e. The second-order valence-electron chi connectivity index (χ2n) is 11.1. The number of pyridine rings is 1. The van der Waals surface area contributed by atoms with Crippen molar-refractivity contribution in [1.82, 2.24) is 44.8 Å². The van der Waals surface area contributed by atoms with E-state index in [-0.39, 0.29) is 56.4 Å². The second-order valence-corrected chi connectivity index (χ2v) is 12.0. The van der Waals surface area contributed by atoms with Crippen molar-refractivity contribution < 1.29 is 22.8 Å². The van der Waals surface area contributed by atoms with E-state index in [0.717, 1.165) is 22.5 Å². The maximum absolute atomic E-state index is 14.0. The molecule has 0 bridgehead atoms. The highest BCUT2D eigenvalue weighted by atomic mass is 35.5. The quantitative estimate of drug-likeness (QED) is 0.181. The Labute approximate surface area is 295 Å². The topological polar surface area (TPSA) is 164 Å². The van der Waals surface area contributed by atoms with E-state index in [2.05, 4.69) is 35.9 Å². The molecule has 0 radical (unpaired) electrons. The van der Waals surface area contributed by atoms with E-state index < -0.39 is 23.6 Å². The summed E-state index contributed by atoms with van der Waals surface area (Å²) in [4.78, 5) is 32.2. The molecule has 0 atom stereocenters. The van der Waals surface area contributed by atoms with Crippen molar-refractivity contribution >= 4 is 51.6 Å². The number of fused-ring (bicyclic) bond motifs is 1. The van der Waals surface area contributed by atoms with Gasteiger partial charge in [-0.2, -0.15) is 28.2 Å². The van der Waals surface area contributed by atoms with Crippen molar-refractivity contribution in [3.63, 3.8) is 0 Å². The lowest BCUT2D eigenvalue weighted by molar-refractivity contribution is -0.137. The fourth-order valence-corrected chi connectivity index (χ4v) is 5.78. The summed E-state index contributed by atoms with van der Waals surface area (Å²) in [6.45, 7) is 0.301. The van der Waals surface area contributed by atoms with Gasteiger partial charge in [0.1, 0.15) is 17.8 Å². The Morgan fingerprint density at radius 3 is 2.35 bits per heavy atom. The van der Waals surface area contributed by atoms with Crippen molar-refractivity contribution in [3.8, 4) is 17.2 Å². The van der Waals surface area contributed by atoms with Crippen LogP contribution in [0.15, 0.2) is 91.3 Å². The third-order valence-electron chi connectivity index (χ3n) is 7.63. The molecule has 3 aromatic carbocycles.